The quantitative estimate of drug-likeness (QED) is 0.0592. The molecule has 73 heavy (non-hydrogen) atoms. The molecule has 16 nitrogen and oxygen atoms in total. The predicted molar refractivity (Wildman–Crippen MR) is 290 cm³/mol. The number of benzene rings is 1. The maximum Gasteiger partial charge on any atom is 0.263 e. The summed E-state index contributed by atoms with van der Waals surface area (Å²) in [5.74, 6) is 1.16. The zero-order chi connectivity index (χ0) is 53.4. The molecule has 2 N–H and O–H groups in total. The molecular weight excluding hydrogens is 933 g/mol. The van der Waals surface area contributed by atoms with Crippen LogP contribution in [0.3, 0.4) is 0 Å². The first-order chi connectivity index (χ1) is 35.1. The number of hydrazine groups is 1. The van der Waals surface area contributed by atoms with Crippen molar-refractivity contribution >= 4 is 23.3 Å². The second-order valence-electron chi connectivity index (χ2n) is 21.0. The van der Waals surface area contributed by atoms with Gasteiger partial charge >= 0.3 is 0 Å². The first-order valence-electron chi connectivity index (χ1n) is 28.3. The van der Waals surface area contributed by atoms with Gasteiger partial charge in [0.25, 0.3) is 5.91 Å². The Morgan fingerprint density at radius 2 is 0.863 bits per heavy atom. The van der Waals surface area contributed by atoms with E-state index in [-0.39, 0.29) is 81.0 Å². The number of ether oxygens (including phenoxy) is 9. The van der Waals surface area contributed by atoms with Crippen LogP contribution >= 0.6 is 0 Å². The van der Waals surface area contributed by atoms with Crippen molar-refractivity contribution < 1.29 is 57.6 Å². The maximum atomic E-state index is 14.0. The third-order valence-electron chi connectivity index (χ3n) is 12.7. The van der Waals surface area contributed by atoms with Crippen molar-refractivity contribution in [2.45, 2.75) is 240 Å². The Kier molecular flexibility index (Phi) is 33.7. The van der Waals surface area contributed by atoms with Crippen LogP contribution in [0.1, 0.15) is 178 Å². The van der Waals surface area contributed by atoms with Crippen LogP contribution in [-0.2, 0) is 47.4 Å². The number of para-hydroxylation sites is 1. The van der Waals surface area contributed by atoms with E-state index in [9.17, 15) is 15.0 Å². The number of rotatable bonds is 45. The van der Waals surface area contributed by atoms with Gasteiger partial charge in [-0.15, -0.1) is 0 Å². The third kappa shape index (κ3) is 27.8. The van der Waals surface area contributed by atoms with Crippen molar-refractivity contribution in [2.24, 2.45) is 9.98 Å². The Morgan fingerprint density at radius 3 is 1.29 bits per heavy atom. The van der Waals surface area contributed by atoms with E-state index in [0.717, 1.165) is 24.1 Å². The van der Waals surface area contributed by atoms with Crippen LogP contribution in [0.5, 0.6) is 0 Å². The van der Waals surface area contributed by atoms with Crippen LogP contribution in [0.25, 0.3) is 0 Å². The fourth-order valence-electron chi connectivity index (χ4n) is 8.37. The van der Waals surface area contributed by atoms with Crippen LogP contribution in [-0.4, -0.2) is 178 Å². The Bertz CT molecular complexity index is 1650. The molecule has 2 aliphatic heterocycles. The molecular formula is C57H102N4O12. The normalized spacial score (nSPS) is 18.5. The van der Waals surface area contributed by atoms with E-state index in [0.29, 0.717) is 64.3 Å². The molecule has 2 heterocycles. The van der Waals surface area contributed by atoms with Crippen molar-refractivity contribution in [3.8, 4) is 0 Å². The van der Waals surface area contributed by atoms with Crippen LogP contribution in [0.15, 0.2) is 34.3 Å². The minimum atomic E-state index is -0.524. The van der Waals surface area contributed by atoms with E-state index >= 15 is 0 Å². The lowest BCUT2D eigenvalue weighted by Crippen LogP contribution is -2.61. The molecule has 11 atom stereocenters. The van der Waals surface area contributed by atoms with Crippen LogP contribution in [0.2, 0.25) is 0 Å². The maximum absolute atomic E-state index is 14.0. The largest absolute Gasteiger partial charge is 0.391 e. The lowest BCUT2D eigenvalue weighted by molar-refractivity contribution is -0.143. The molecule has 16 heteroatoms. The second-order valence-corrected chi connectivity index (χ2v) is 21.0. The number of amidine groups is 2. The van der Waals surface area contributed by atoms with Gasteiger partial charge in [0.1, 0.15) is 12.6 Å². The number of aliphatic hydroxyl groups excluding tert-OH is 2. The lowest BCUT2D eigenvalue weighted by Gasteiger charge is -2.44. The smallest absolute Gasteiger partial charge is 0.263 e. The number of aliphatic hydroxyl groups is 2. The number of hydrogen-bond acceptors (Lipinski definition) is 15. The molecule has 422 valence electrons. The van der Waals surface area contributed by atoms with Gasteiger partial charge in [0.05, 0.1) is 133 Å². The topological polar surface area (TPSA) is 172 Å². The molecule has 0 saturated heterocycles. The molecule has 3 rings (SSSR count). The highest BCUT2D eigenvalue weighted by molar-refractivity contribution is 6.18. The van der Waals surface area contributed by atoms with Gasteiger partial charge in [0.15, 0.2) is 11.7 Å². The summed E-state index contributed by atoms with van der Waals surface area (Å²) in [4.78, 5) is 24.1. The van der Waals surface area contributed by atoms with Crippen LogP contribution in [0, 0.1) is 0 Å². The summed E-state index contributed by atoms with van der Waals surface area (Å²) in [5.41, 5.74) is 1.65. The number of amides is 1. The van der Waals surface area contributed by atoms with Gasteiger partial charge in [-0.25, -0.2) is 15.0 Å². The SMILES string of the molecule is CCCCCCCCCCCCCCCCC(OCC(C)OCC(C)OCC(C)OCC(C)OCC(C)O)C1=Nc2ccccc2C2=NCC(=O)N(CC(C)OCC(C)OCC(C)OCC(C)OCC(C)O)N21. The predicted octanol–water partition coefficient (Wildman–Crippen LogP) is 9.79. The van der Waals surface area contributed by atoms with Crippen molar-refractivity contribution in [1.29, 1.82) is 0 Å². The van der Waals surface area contributed by atoms with Crippen molar-refractivity contribution in [3.63, 3.8) is 0 Å². The van der Waals surface area contributed by atoms with Gasteiger partial charge in [-0.3, -0.25) is 9.79 Å². The van der Waals surface area contributed by atoms with E-state index in [1.165, 1.54) is 77.0 Å². The summed E-state index contributed by atoms with van der Waals surface area (Å²) < 4.78 is 54.7. The monoisotopic (exact) mass is 1030 g/mol. The summed E-state index contributed by atoms with van der Waals surface area (Å²) in [5, 5.41) is 22.6. The number of hydrogen-bond donors (Lipinski definition) is 2. The second kappa shape index (κ2) is 38.0. The zero-order valence-electron chi connectivity index (χ0n) is 47.3. The molecule has 0 saturated carbocycles. The summed E-state index contributed by atoms with van der Waals surface area (Å²) in [6.07, 6.45) is 15.5. The number of fused-ring (bicyclic) bond motifs is 3. The third-order valence-corrected chi connectivity index (χ3v) is 12.7. The minimum Gasteiger partial charge on any atom is -0.391 e. The Balaban J connectivity index is 1.65. The molecule has 1 aromatic carbocycles. The van der Waals surface area contributed by atoms with Gasteiger partial charge < -0.3 is 52.8 Å². The lowest BCUT2D eigenvalue weighted by atomic mass is 10.0. The summed E-state index contributed by atoms with van der Waals surface area (Å²) in [7, 11) is 0. The van der Waals surface area contributed by atoms with Crippen molar-refractivity contribution in [2.75, 3.05) is 72.6 Å². The van der Waals surface area contributed by atoms with E-state index in [1.807, 2.05) is 84.7 Å². The van der Waals surface area contributed by atoms with E-state index in [1.54, 1.807) is 18.9 Å². The highest BCUT2D eigenvalue weighted by Crippen LogP contribution is 2.32. The first-order valence-corrected chi connectivity index (χ1v) is 28.3. The average Bonchev–Trinajstić information content (AvgIpc) is 3.37. The van der Waals surface area contributed by atoms with Gasteiger partial charge in [-0.2, -0.15) is 0 Å². The highest BCUT2D eigenvalue weighted by atomic mass is 16.6. The van der Waals surface area contributed by atoms with Crippen LogP contribution in [0.4, 0.5) is 5.69 Å². The molecule has 0 spiro atoms. The molecule has 1 aromatic rings. The van der Waals surface area contributed by atoms with E-state index < -0.39 is 18.3 Å². The summed E-state index contributed by atoms with van der Waals surface area (Å²) in [6.45, 7) is 24.8. The molecule has 11 unspecified atom stereocenters. The Hall–Kier alpha value is -2.61. The van der Waals surface area contributed by atoms with Gasteiger partial charge in [0, 0.05) is 5.56 Å². The highest BCUT2D eigenvalue weighted by Gasteiger charge is 2.41. The van der Waals surface area contributed by atoms with Crippen LogP contribution < -0.4 is 0 Å². The first kappa shape index (κ1) is 64.7. The minimum absolute atomic E-state index is 0.0122. The number of aliphatic imine (C=N–C) groups is 2. The Morgan fingerprint density at radius 1 is 0.493 bits per heavy atom. The van der Waals surface area contributed by atoms with Crippen molar-refractivity contribution in [3.05, 3.63) is 29.8 Å². The standard InChI is InChI=1S/C57H102N4O12/c1-12-13-14-15-16-17-18-19-20-21-22-23-24-25-30-54(73-41-51(11)72-40-50(10)71-39-49(9)69-37-46(6)66-34-43(3)63)57-59-53-29-27-26-28-52(53)56-58-31-55(64)60(61(56)57)32-44(4)67-35-47(7)70-38-48(8)68-36-45(5)65-33-42(2)62/h26-29,42-51,54,62-63H,12-25,30-41H2,1-11H3. The summed E-state index contributed by atoms with van der Waals surface area (Å²) in [6, 6.07) is 7.96. The van der Waals surface area contributed by atoms with Crippen molar-refractivity contribution in [1.82, 2.24) is 10.0 Å². The zero-order valence-corrected chi connectivity index (χ0v) is 47.3. The molecule has 1 amide bonds. The number of carbonyl (C=O) groups excluding carboxylic acids is 1. The van der Waals surface area contributed by atoms with E-state index in [4.69, 9.17) is 52.6 Å². The fraction of sp³-hybridized carbons (Fsp3) is 0.842. The Labute approximate surface area is 441 Å². The average molecular weight is 1040 g/mol. The number of nitrogens with zero attached hydrogens (tertiary/aromatic N) is 4. The summed E-state index contributed by atoms with van der Waals surface area (Å²) >= 11 is 0. The molecule has 0 bridgehead atoms. The molecule has 2 aliphatic rings. The van der Waals surface area contributed by atoms with E-state index in [2.05, 4.69) is 6.92 Å². The number of carbonyl (C=O) groups is 1. The fourth-order valence-corrected chi connectivity index (χ4v) is 8.37. The molecule has 0 radical (unpaired) electrons. The molecule has 0 fully saturated rings. The number of unbranched alkanes of at least 4 members (excludes halogenated alkanes) is 13. The van der Waals surface area contributed by atoms with Gasteiger partial charge in [-0.05, 0) is 87.8 Å². The molecule has 0 aliphatic carbocycles. The molecule has 0 aromatic heterocycles. The van der Waals surface area contributed by atoms with Gasteiger partial charge in [-0.1, -0.05) is 109 Å². The van der Waals surface area contributed by atoms with Gasteiger partial charge in [0.2, 0.25) is 0 Å².